The minimum Gasteiger partial charge on any atom is -0.375 e. The zero-order chi connectivity index (χ0) is 25.3. The summed E-state index contributed by atoms with van der Waals surface area (Å²) < 4.78 is 31.8. The van der Waals surface area contributed by atoms with Gasteiger partial charge in [-0.2, -0.15) is 5.26 Å². The van der Waals surface area contributed by atoms with Crippen LogP contribution in [0.3, 0.4) is 0 Å². The number of pyridine rings is 1. The van der Waals surface area contributed by atoms with Crippen LogP contribution in [0.25, 0.3) is 0 Å². The Morgan fingerprint density at radius 1 is 1.19 bits per heavy atom. The highest BCUT2D eigenvalue weighted by molar-refractivity contribution is 5.94. The smallest absolute Gasteiger partial charge is 0.263 e. The van der Waals surface area contributed by atoms with Gasteiger partial charge in [0, 0.05) is 36.1 Å². The van der Waals surface area contributed by atoms with Crippen molar-refractivity contribution in [2.45, 2.75) is 44.9 Å². The van der Waals surface area contributed by atoms with Crippen LogP contribution in [0.4, 0.5) is 14.5 Å². The van der Waals surface area contributed by atoms with E-state index in [2.05, 4.69) is 21.3 Å². The van der Waals surface area contributed by atoms with Gasteiger partial charge in [-0.05, 0) is 65.9 Å². The highest BCUT2D eigenvalue weighted by Gasteiger charge is 2.33. The van der Waals surface area contributed by atoms with Crippen LogP contribution in [0.1, 0.15) is 57.2 Å². The normalized spacial score (nSPS) is 18.8. The van der Waals surface area contributed by atoms with Crippen LogP contribution < -0.4 is 10.2 Å². The Morgan fingerprint density at radius 3 is 2.83 bits per heavy atom. The van der Waals surface area contributed by atoms with Crippen molar-refractivity contribution in [2.24, 2.45) is 0 Å². The summed E-state index contributed by atoms with van der Waals surface area (Å²) in [7, 11) is 0. The first-order valence-corrected chi connectivity index (χ1v) is 11.9. The molecule has 1 aromatic heterocycles. The molecule has 0 unspecified atom stereocenters. The molecular formula is C28H26F2N4O2. The molecule has 6 nitrogen and oxygen atoms in total. The summed E-state index contributed by atoms with van der Waals surface area (Å²) in [6.07, 6.45) is -0.0175. The number of carbonyl (C=O) groups is 1. The van der Waals surface area contributed by atoms with E-state index in [0.717, 1.165) is 40.9 Å². The fraction of sp³-hybridized carbons (Fsp3) is 0.321. The SMILES string of the molecule is C[C@@]1(C#N)COCc2ccc(C(=O)NCc3cc(N4CCc5ccc(C(F)F)cc5C4)ccn3)cc21. The summed E-state index contributed by atoms with van der Waals surface area (Å²) in [6, 6.07) is 16.4. The Hall–Kier alpha value is -3.83. The molecule has 8 heteroatoms. The van der Waals surface area contributed by atoms with Gasteiger partial charge in [-0.15, -0.1) is 0 Å². The van der Waals surface area contributed by atoms with Crippen molar-refractivity contribution >= 4 is 11.6 Å². The molecule has 0 saturated carbocycles. The largest absolute Gasteiger partial charge is 0.375 e. The lowest BCUT2D eigenvalue weighted by Crippen LogP contribution is -2.33. The molecule has 184 valence electrons. The van der Waals surface area contributed by atoms with Gasteiger partial charge in [0.15, 0.2) is 0 Å². The van der Waals surface area contributed by atoms with E-state index < -0.39 is 11.8 Å². The summed E-state index contributed by atoms with van der Waals surface area (Å²) in [5.41, 5.74) is 5.11. The van der Waals surface area contributed by atoms with Crippen LogP contribution in [0.15, 0.2) is 54.7 Å². The predicted octanol–water partition coefficient (Wildman–Crippen LogP) is 4.82. The second kappa shape index (κ2) is 9.67. The molecule has 5 rings (SSSR count). The lowest BCUT2D eigenvalue weighted by molar-refractivity contribution is 0.0757. The number of anilines is 1. The number of fused-ring (bicyclic) bond motifs is 2. The van der Waals surface area contributed by atoms with Crippen molar-refractivity contribution in [1.82, 2.24) is 10.3 Å². The van der Waals surface area contributed by atoms with Crippen LogP contribution in [-0.2, 0) is 36.3 Å². The number of hydrogen-bond acceptors (Lipinski definition) is 5. The topological polar surface area (TPSA) is 78.2 Å². The molecule has 0 radical (unpaired) electrons. The third kappa shape index (κ3) is 4.67. The predicted molar refractivity (Wildman–Crippen MR) is 131 cm³/mol. The Kier molecular flexibility index (Phi) is 6.42. The number of aromatic nitrogens is 1. The molecule has 1 atom stereocenters. The van der Waals surface area contributed by atoms with E-state index in [-0.39, 0.29) is 18.0 Å². The van der Waals surface area contributed by atoms with Crippen molar-refractivity contribution in [3.63, 3.8) is 0 Å². The van der Waals surface area contributed by atoms with E-state index in [9.17, 15) is 18.8 Å². The summed E-state index contributed by atoms with van der Waals surface area (Å²) in [5.74, 6) is -0.247. The molecule has 3 heterocycles. The van der Waals surface area contributed by atoms with Crippen LogP contribution in [0, 0.1) is 11.3 Å². The number of nitrogens with one attached hydrogen (secondary N) is 1. The number of ether oxygens (including phenoxy) is 1. The number of carbonyl (C=O) groups excluding carboxylic acids is 1. The number of benzene rings is 2. The van der Waals surface area contributed by atoms with Crippen molar-refractivity contribution in [3.05, 3.63) is 93.8 Å². The maximum Gasteiger partial charge on any atom is 0.263 e. The van der Waals surface area contributed by atoms with Crippen molar-refractivity contribution < 1.29 is 18.3 Å². The molecule has 0 fully saturated rings. The molecule has 2 aliphatic rings. The average molecular weight is 489 g/mol. The number of rotatable bonds is 5. The van der Waals surface area contributed by atoms with E-state index in [1.54, 1.807) is 30.5 Å². The number of halogens is 2. The first-order valence-electron chi connectivity index (χ1n) is 11.9. The van der Waals surface area contributed by atoms with Gasteiger partial charge in [-0.3, -0.25) is 9.78 Å². The van der Waals surface area contributed by atoms with E-state index in [4.69, 9.17) is 4.74 Å². The molecular weight excluding hydrogens is 462 g/mol. The zero-order valence-electron chi connectivity index (χ0n) is 19.9. The van der Waals surface area contributed by atoms with Crippen LogP contribution in [0.5, 0.6) is 0 Å². The van der Waals surface area contributed by atoms with E-state index in [0.29, 0.717) is 31.0 Å². The van der Waals surface area contributed by atoms with Gasteiger partial charge >= 0.3 is 0 Å². The minimum atomic E-state index is -2.49. The van der Waals surface area contributed by atoms with Crippen molar-refractivity contribution in [2.75, 3.05) is 18.1 Å². The molecule has 0 saturated heterocycles. The number of nitriles is 1. The Balaban J connectivity index is 1.27. The molecule has 2 aliphatic heterocycles. The van der Waals surface area contributed by atoms with E-state index >= 15 is 0 Å². The molecule has 0 spiro atoms. The average Bonchev–Trinajstić information content (AvgIpc) is 2.91. The van der Waals surface area contributed by atoms with Crippen molar-refractivity contribution in [1.29, 1.82) is 5.26 Å². The maximum absolute atomic E-state index is 13.1. The third-order valence-corrected chi connectivity index (χ3v) is 6.95. The molecule has 2 aromatic carbocycles. The van der Waals surface area contributed by atoms with Gasteiger partial charge in [-0.25, -0.2) is 8.78 Å². The lowest BCUT2D eigenvalue weighted by atomic mass is 9.79. The van der Waals surface area contributed by atoms with Gasteiger partial charge < -0.3 is 15.0 Å². The summed E-state index contributed by atoms with van der Waals surface area (Å²) in [5, 5.41) is 12.5. The lowest BCUT2D eigenvalue weighted by Gasteiger charge is -2.31. The monoisotopic (exact) mass is 488 g/mol. The van der Waals surface area contributed by atoms with Gasteiger partial charge in [0.25, 0.3) is 12.3 Å². The van der Waals surface area contributed by atoms with Gasteiger partial charge in [0.05, 0.1) is 31.5 Å². The fourth-order valence-electron chi connectivity index (χ4n) is 4.86. The van der Waals surface area contributed by atoms with Crippen LogP contribution in [-0.4, -0.2) is 24.0 Å². The Morgan fingerprint density at radius 2 is 2.03 bits per heavy atom. The Bertz CT molecular complexity index is 1350. The number of hydrogen-bond donors (Lipinski definition) is 1. The highest BCUT2D eigenvalue weighted by atomic mass is 19.3. The fourth-order valence-corrected chi connectivity index (χ4v) is 4.86. The first kappa shape index (κ1) is 23.9. The highest BCUT2D eigenvalue weighted by Crippen LogP contribution is 2.33. The second-order valence-corrected chi connectivity index (χ2v) is 9.50. The van der Waals surface area contributed by atoms with E-state index in [1.807, 2.05) is 25.1 Å². The Labute approximate surface area is 208 Å². The van der Waals surface area contributed by atoms with Crippen LogP contribution in [0.2, 0.25) is 0 Å². The van der Waals surface area contributed by atoms with Gasteiger partial charge in [0.1, 0.15) is 5.41 Å². The van der Waals surface area contributed by atoms with Crippen LogP contribution >= 0.6 is 0 Å². The molecule has 0 aliphatic carbocycles. The van der Waals surface area contributed by atoms with Crippen molar-refractivity contribution in [3.8, 4) is 6.07 Å². The summed E-state index contributed by atoms with van der Waals surface area (Å²) >= 11 is 0. The molecule has 0 bridgehead atoms. The number of nitrogens with zero attached hydrogens (tertiary/aromatic N) is 3. The zero-order valence-corrected chi connectivity index (χ0v) is 19.9. The van der Waals surface area contributed by atoms with E-state index in [1.165, 1.54) is 6.07 Å². The first-order chi connectivity index (χ1) is 17.4. The number of amides is 1. The summed E-state index contributed by atoms with van der Waals surface area (Å²) in [6.45, 7) is 4.09. The standard InChI is InChI=1S/C28H26F2N4O2/c1-28(16-31)17-36-15-21-5-4-20(11-25(21)28)27(35)33-13-23-12-24(6-8-32-23)34-9-7-18-2-3-19(26(29)30)10-22(18)14-34/h2-6,8,10-12,26H,7,9,13-15,17H2,1H3,(H,33,35)/t28-/m1/s1. The molecule has 3 aromatic rings. The molecule has 36 heavy (non-hydrogen) atoms. The third-order valence-electron chi connectivity index (χ3n) is 6.95. The maximum atomic E-state index is 13.1. The quantitative estimate of drug-likeness (QED) is 0.557. The second-order valence-electron chi connectivity index (χ2n) is 9.50. The molecule has 1 amide bonds. The summed E-state index contributed by atoms with van der Waals surface area (Å²) in [4.78, 5) is 19.4. The minimum absolute atomic E-state index is 0.0403. The van der Waals surface area contributed by atoms with Gasteiger partial charge in [0.2, 0.25) is 0 Å². The number of alkyl halides is 2. The van der Waals surface area contributed by atoms with Gasteiger partial charge in [-0.1, -0.05) is 18.2 Å². The molecule has 1 N–H and O–H groups in total.